The predicted octanol–water partition coefficient (Wildman–Crippen LogP) is 5.03. The summed E-state index contributed by atoms with van der Waals surface area (Å²) >= 11 is 3.12. The fourth-order valence-corrected chi connectivity index (χ4v) is 3.01. The van der Waals surface area contributed by atoms with Crippen LogP contribution in [0, 0.1) is 11.3 Å². The van der Waals surface area contributed by atoms with E-state index in [-0.39, 0.29) is 0 Å². The maximum Gasteiger partial charge on any atom is 0.230 e. The molecule has 0 bridgehead atoms. The molecule has 0 amide bonds. The van der Waals surface area contributed by atoms with Gasteiger partial charge in [-0.25, -0.2) is 4.98 Å². The first-order valence-electron chi connectivity index (χ1n) is 6.21. The summed E-state index contributed by atoms with van der Waals surface area (Å²) in [5, 5.41) is 21.7. The van der Waals surface area contributed by atoms with Gasteiger partial charge in [0, 0.05) is 15.8 Å². The van der Waals surface area contributed by atoms with Crippen LogP contribution in [0.25, 0.3) is 11.3 Å². The molecule has 102 valence electrons. The van der Waals surface area contributed by atoms with Crippen LogP contribution in [0.5, 0.6) is 0 Å². The zero-order valence-electron chi connectivity index (χ0n) is 10.9. The first-order chi connectivity index (χ1) is 10.3. The highest BCUT2D eigenvalue weighted by molar-refractivity contribution is 7.13. The Morgan fingerprint density at radius 1 is 1.14 bits per heavy atom. The molecule has 1 aromatic carbocycles. The number of nitriles is 1. The topological polar surface area (TPSA) is 61.4 Å². The van der Waals surface area contributed by atoms with E-state index in [1.165, 1.54) is 16.2 Å². The third kappa shape index (κ3) is 3.40. The molecule has 0 aliphatic rings. The Morgan fingerprint density at radius 3 is 2.71 bits per heavy atom. The minimum absolute atomic E-state index is 0.587. The van der Waals surface area contributed by atoms with Crippen LogP contribution in [0.2, 0.25) is 0 Å². The van der Waals surface area contributed by atoms with Gasteiger partial charge in [0.2, 0.25) is 5.13 Å². The van der Waals surface area contributed by atoms with E-state index in [0.717, 1.165) is 11.3 Å². The summed E-state index contributed by atoms with van der Waals surface area (Å²) in [6, 6.07) is 13.5. The average Bonchev–Trinajstić information content (AvgIpc) is 3.19. The Balaban J connectivity index is 1.70. The highest BCUT2D eigenvalue weighted by Crippen LogP contribution is 2.27. The number of thiophene rings is 1. The molecule has 0 saturated carbocycles. The second-order valence-electron chi connectivity index (χ2n) is 4.18. The highest BCUT2D eigenvalue weighted by Gasteiger charge is 2.04. The van der Waals surface area contributed by atoms with Crippen LogP contribution in [0.4, 0.5) is 5.13 Å². The normalized spacial score (nSPS) is 10.8. The standard InChI is InChI=1S/C15H10N4S2/c16-8-11-3-5-12(6-4-11)14-10-21-15(18-14)19-17-9-13-2-1-7-20-13/h1-7,10H,9H2. The molecule has 3 rings (SSSR count). The number of azo groups is 1. The van der Waals surface area contributed by atoms with E-state index in [2.05, 4.69) is 21.3 Å². The van der Waals surface area contributed by atoms with Gasteiger partial charge >= 0.3 is 0 Å². The van der Waals surface area contributed by atoms with Crippen molar-refractivity contribution in [2.75, 3.05) is 0 Å². The molecule has 0 atom stereocenters. The number of benzene rings is 1. The molecule has 2 heterocycles. The molecule has 0 fully saturated rings. The molecule has 4 nitrogen and oxygen atoms in total. The molecule has 0 spiro atoms. The lowest BCUT2D eigenvalue weighted by atomic mass is 10.1. The Bertz CT molecular complexity index is 780. The maximum atomic E-state index is 8.79. The van der Waals surface area contributed by atoms with E-state index < -0.39 is 0 Å². The van der Waals surface area contributed by atoms with E-state index in [1.807, 2.05) is 35.0 Å². The summed E-state index contributed by atoms with van der Waals surface area (Å²) in [7, 11) is 0. The first kappa shape index (κ1) is 13.6. The van der Waals surface area contributed by atoms with Gasteiger partial charge in [-0.1, -0.05) is 18.2 Å². The first-order valence-corrected chi connectivity index (χ1v) is 7.97. The average molecular weight is 310 g/mol. The van der Waals surface area contributed by atoms with Gasteiger partial charge in [-0.15, -0.1) is 27.8 Å². The lowest BCUT2D eigenvalue weighted by molar-refractivity contribution is 0.974. The van der Waals surface area contributed by atoms with Gasteiger partial charge in [-0.2, -0.15) is 10.4 Å². The van der Waals surface area contributed by atoms with Crippen LogP contribution in [0.3, 0.4) is 0 Å². The number of aromatic nitrogens is 1. The van der Waals surface area contributed by atoms with Crippen LogP contribution in [0.15, 0.2) is 57.4 Å². The molecule has 0 N–H and O–H groups in total. The largest absolute Gasteiger partial charge is 0.230 e. The van der Waals surface area contributed by atoms with Crippen LogP contribution >= 0.6 is 22.7 Å². The monoisotopic (exact) mass is 310 g/mol. The molecule has 0 saturated heterocycles. The molecule has 0 unspecified atom stereocenters. The highest BCUT2D eigenvalue weighted by atomic mass is 32.1. The zero-order chi connectivity index (χ0) is 14.5. The Labute approximate surface area is 130 Å². The Morgan fingerprint density at radius 2 is 2.00 bits per heavy atom. The van der Waals surface area contributed by atoms with E-state index in [4.69, 9.17) is 5.26 Å². The summed E-state index contributed by atoms with van der Waals surface area (Å²) in [4.78, 5) is 5.62. The van der Waals surface area contributed by atoms with E-state index >= 15 is 0 Å². The SMILES string of the molecule is N#Cc1ccc(-c2csc(N=NCc3cccs3)n2)cc1. The van der Waals surface area contributed by atoms with Gasteiger partial charge in [-0.3, -0.25) is 0 Å². The second-order valence-corrected chi connectivity index (χ2v) is 6.05. The lowest BCUT2D eigenvalue weighted by Gasteiger charge is -1.95. The minimum atomic E-state index is 0.587. The van der Waals surface area contributed by atoms with Crippen LogP contribution < -0.4 is 0 Å². The third-order valence-corrected chi connectivity index (χ3v) is 4.35. The number of nitrogens with zero attached hydrogens (tertiary/aromatic N) is 4. The predicted molar refractivity (Wildman–Crippen MR) is 84.8 cm³/mol. The smallest absolute Gasteiger partial charge is 0.217 e. The fourth-order valence-electron chi connectivity index (χ4n) is 1.73. The molecule has 0 aliphatic heterocycles. The maximum absolute atomic E-state index is 8.79. The molecule has 2 aromatic heterocycles. The quantitative estimate of drug-likeness (QED) is 0.635. The summed E-state index contributed by atoms with van der Waals surface area (Å²) < 4.78 is 0. The lowest BCUT2D eigenvalue weighted by Crippen LogP contribution is -1.78. The van der Waals surface area contributed by atoms with Crippen molar-refractivity contribution >= 4 is 27.8 Å². The van der Waals surface area contributed by atoms with Gasteiger partial charge < -0.3 is 0 Å². The number of thiazole rings is 1. The van der Waals surface area contributed by atoms with Gasteiger partial charge in [0.25, 0.3) is 0 Å². The van der Waals surface area contributed by atoms with Crippen LogP contribution in [-0.2, 0) is 6.54 Å². The van der Waals surface area contributed by atoms with Crippen LogP contribution in [0.1, 0.15) is 10.4 Å². The molecule has 0 aliphatic carbocycles. The van der Waals surface area contributed by atoms with E-state index in [1.54, 1.807) is 23.5 Å². The third-order valence-electron chi connectivity index (χ3n) is 2.76. The second kappa shape index (κ2) is 6.39. The van der Waals surface area contributed by atoms with Crippen molar-refractivity contribution in [2.45, 2.75) is 6.54 Å². The van der Waals surface area contributed by atoms with Crippen molar-refractivity contribution in [3.63, 3.8) is 0 Å². The summed E-state index contributed by atoms with van der Waals surface area (Å²) in [6.45, 7) is 0.587. The van der Waals surface area contributed by atoms with Gasteiger partial charge in [0.15, 0.2) is 0 Å². The molecule has 0 radical (unpaired) electrons. The minimum Gasteiger partial charge on any atom is -0.217 e. The van der Waals surface area contributed by atoms with Crippen molar-refractivity contribution < 1.29 is 0 Å². The summed E-state index contributed by atoms with van der Waals surface area (Å²) in [5.74, 6) is 0. The van der Waals surface area contributed by atoms with Crippen molar-refractivity contribution in [3.05, 3.63) is 57.6 Å². The Kier molecular flexibility index (Phi) is 4.15. The molecular formula is C15H10N4S2. The van der Waals surface area contributed by atoms with E-state index in [0.29, 0.717) is 17.2 Å². The molecular weight excluding hydrogens is 300 g/mol. The molecule has 3 aromatic rings. The molecule has 6 heteroatoms. The van der Waals surface area contributed by atoms with Crippen molar-refractivity contribution in [2.24, 2.45) is 10.2 Å². The number of hydrogen-bond donors (Lipinski definition) is 0. The summed E-state index contributed by atoms with van der Waals surface area (Å²) in [5.41, 5.74) is 2.48. The van der Waals surface area contributed by atoms with E-state index in [9.17, 15) is 0 Å². The zero-order valence-corrected chi connectivity index (χ0v) is 12.6. The fraction of sp³-hybridized carbons (Fsp3) is 0.0667. The number of rotatable bonds is 4. The van der Waals surface area contributed by atoms with Crippen molar-refractivity contribution in [1.29, 1.82) is 5.26 Å². The molecule has 21 heavy (non-hydrogen) atoms. The summed E-state index contributed by atoms with van der Waals surface area (Å²) in [6.07, 6.45) is 0. The number of hydrogen-bond acceptors (Lipinski definition) is 6. The van der Waals surface area contributed by atoms with Crippen LogP contribution in [-0.4, -0.2) is 4.98 Å². The van der Waals surface area contributed by atoms with Crippen molar-refractivity contribution in [3.8, 4) is 17.3 Å². The van der Waals surface area contributed by atoms with Gasteiger partial charge in [0.1, 0.15) is 0 Å². The van der Waals surface area contributed by atoms with Gasteiger partial charge in [0.05, 0.1) is 23.9 Å². The van der Waals surface area contributed by atoms with Crippen molar-refractivity contribution in [1.82, 2.24) is 4.98 Å². The Hall–Kier alpha value is -2.36. The van der Waals surface area contributed by atoms with Gasteiger partial charge in [-0.05, 0) is 23.6 Å².